The Labute approximate surface area is 118 Å². The van der Waals surface area contributed by atoms with E-state index in [9.17, 15) is 4.79 Å². The molecule has 0 radical (unpaired) electrons. The van der Waals surface area contributed by atoms with Gasteiger partial charge in [0, 0.05) is 18.5 Å². The van der Waals surface area contributed by atoms with E-state index in [0.717, 1.165) is 28.6 Å². The quantitative estimate of drug-likeness (QED) is 0.901. The first kappa shape index (κ1) is 14.5. The zero-order valence-electron chi connectivity index (χ0n) is 12.5. The van der Waals surface area contributed by atoms with E-state index in [0.29, 0.717) is 12.2 Å². The van der Waals surface area contributed by atoms with Crippen LogP contribution in [0.2, 0.25) is 0 Å². The van der Waals surface area contributed by atoms with Crippen LogP contribution < -0.4 is 5.32 Å². The molecule has 0 saturated carbocycles. The van der Waals surface area contributed by atoms with E-state index in [-0.39, 0.29) is 12.3 Å². The fourth-order valence-corrected chi connectivity index (χ4v) is 2.27. The maximum Gasteiger partial charge on any atom is 0.226 e. The molecule has 108 valence electrons. The molecule has 0 aliphatic carbocycles. The molecular formula is C15H21N3O2. The third-order valence-electron chi connectivity index (χ3n) is 3.20. The van der Waals surface area contributed by atoms with Gasteiger partial charge in [-0.2, -0.15) is 0 Å². The highest BCUT2D eigenvalue weighted by atomic mass is 16.5. The highest BCUT2D eigenvalue weighted by Gasteiger charge is 2.14. The molecule has 2 aromatic rings. The Kier molecular flexibility index (Phi) is 4.39. The predicted octanol–water partition coefficient (Wildman–Crippen LogP) is 1.66. The molecule has 20 heavy (non-hydrogen) atoms. The first-order valence-electron chi connectivity index (χ1n) is 6.74. The number of nitrogens with one attached hydrogen (secondary N) is 1. The van der Waals surface area contributed by atoms with Crippen molar-refractivity contribution in [3.05, 3.63) is 29.0 Å². The Morgan fingerprint density at radius 3 is 2.80 bits per heavy atom. The Hall–Kier alpha value is -1.88. The number of benzene rings is 1. The topological polar surface area (TPSA) is 58.4 Å². The van der Waals surface area contributed by atoms with Gasteiger partial charge in [-0.05, 0) is 45.1 Å². The average molecular weight is 275 g/mol. The number of aromatic nitrogens is 1. The summed E-state index contributed by atoms with van der Waals surface area (Å²) in [7, 11) is 3.95. The lowest BCUT2D eigenvalue weighted by Crippen LogP contribution is -2.32. The molecule has 0 atom stereocenters. The Morgan fingerprint density at radius 1 is 1.35 bits per heavy atom. The SMILES string of the molecule is Cc1cc(C)c2c(CC(=O)NCCN(C)C)noc2c1. The number of likely N-dealkylation sites (N-methyl/N-ethyl adjacent to an activating group) is 1. The van der Waals surface area contributed by atoms with Crippen molar-refractivity contribution in [3.63, 3.8) is 0 Å². The van der Waals surface area contributed by atoms with E-state index in [1.807, 2.05) is 38.9 Å². The fourth-order valence-electron chi connectivity index (χ4n) is 2.27. The number of fused-ring (bicyclic) bond motifs is 1. The summed E-state index contributed by atoms with van der Waals surface area (Å²) in [6.45, 7) is 5.49. The number of amides is 1. The van der Waals surface area contributed by atoms with Crippen molar-refractivity contribution in [1.29, 1.82) is 0 Å². The van der Waals surface area contributed by atoms with Crippen molar-refractivity contribution in [2.45, 2.75) is 20.3 Å². The van der Waals surface area contributed by atoms with Crippen LogP contribution in [0.1, 0.15) is 16.8 Å². The van der Waals surface area contributed by atoms with Gasteiger partial charge in [-0.1, -0.05) is 11.2 Å². The molecule has 5 heteroatoms. The summed E-state index contributed by atoms with van der Waals surface area (Å²) < 4.78 is 5.32. The van der Waals surface area contributed by atoms with Gasteiger partial charge in [-0.25, -0.2) is 0 Å². The van der Waals surface area contributed by atoms with Crippen LogP contribution in [0.5, 0.6) is 0 Å². The van der Waals surface area contributed by atoms with Crippen molar-refractivity contribution < 1.29 is 9.32 Å². The molecule has 0 aliphatic heterocycles. The second kappa shape index (κ2) is 6.05. The van der Waals surface area contributed by atoms with Crippen molar-refractivity contribution >= 4 is 16.9 Å². The lowest BCUT2D eigenvalue weighted by molar-refractivity contribution is -0.120. The Bertz CT molecular complexity index is 617. The second-order valence-electron chi connectivity index (χ2n) is 5.41. The van der Waals surface area contributed by atoms with Crippen LogP contribution >= 0.6 is 0 Å². The van der Waals surface area contributed by atoms with Crippen LogP contribution in [-0.2, 0) is 11.2 Å². The van der Waals surface area contributed by atoms with E-state index >= 15 is 0 Å². The summed E-state index contributed by atoms with van der Waals surface area (Å²) in [6.07, 6.45) is 0.254. The molecule has 1 heterocycles. The van der Waals surface area contributed by atoms with Gasteiger partial charge in [-0.3, -0.25) is 4.79 Å². The lowest BCUT2D eigenvalue weighted by Gasteiger charge is -2.09. The number of rotatable bonds is 5. The molecule has 1 amide bonds. The molecule has 2 rings (SSSR count). The number of aryl methyl sites for hydroxylation is 2. The fraction of sp³-hybridized carbons (Fsp3) is 0.467. The highest BCUT2D eigenvalue weighted by Crippen LogP contribution is 2.24. The molecule has 0 aliphatic rings. The van der Waals surface area contributed by atoms with Gasteiger partial charge >= 0.3 is 0 Å². The number of nitrogens with zero attached hydrogens (tertiary/aromatic N) is 2. The maximum atomic E-state index is 11.9. The average Bonchev–Trinajstić information content (AvgIpc) is 2.71. The van der Waals surface area contributed by atoms with E-state index in [4.69, 9.17) is 4.52 Å². The van der Waals surface area contributed by atoms with Gasteiger partial charge in [0.2, 0.25) is 5.91 Å². The normalized spacial score (nSPS) is 11.2. The molecule has 1 N–H and O–H groups in total. The third-order valence-corrected chi connectivity index (χ3v) is 3.20. The molecule has 0 bridgehead atoms. The van der Waals surface area contributed by atoms with Crippen molar-refractivity contribution in [2.24, 2.45) is 0 Å². The van der Waals surface area contributed by atoms with Crippen molar-refractivity contribution in [1.82, 2.24) is 15.4 Å². The monoisotopic (exact) mass is 275 g/mol. The Morgan fingerprint density at radius 2 is 2.10 bits per heavy atom. The highest BCUT2D eigenvalue weighted by molar-refractivity contribution is 5.88. The van der Waals surface area contributed by atoms with Crippen molar-refractivity contribution in [3.8, 4) is 0 Å². The largest absolute Gasteiger partial charge is 0.356 e. The number of carbonyl (C=O) groups excluding carboxylic acids is 1. The van der Waals surface area contributed by atoms with E-state index < -0.39 is 0 Å². The zero-order valence-corrected chi connectivity index (χ0v) is 12.5. The molecule has 0 spiro atoms. The molecule has 0 fully saturated rings. The molecule has 0 saturated heterocycles. The van der Waals surface area contributed by atoms with E-state index in [1.54, 1.807) is 0 Å². The van der Waals surface area contributed by atoms with Gasteiger partial charge < -0.3 is 14.7 Å². The van der Waals surface area contributed by atoms with Crippen molar-refractivity contribution in [2.75, 3.05) is 27.2 Å². The minimum atomic E-state index is -0.0259. The zero-order chi connectivity index (χ0) is 14.7. The molecular weight excluding hydrogens is 254 g/mol. The molecule has 1 aromatic carbocycles. The van der Waals surface area contributed by atoms with Crippen LogP contribution in [0.3, 0.4) is 0 Å². The summed E-state index contributed by atoms with van der Waals surface area (Å²) in [6, 6.07) is 4.02. The summed E-state index contributed by atoms with van der Waals surface area (Å²) in [5, 5.41) is 7.88. The Balaban J connectivity index is 2.08. The van der Waals surface area contributed by atoms with Crippen LogP contribution in [-0.4, -0.2) is 43.1 Å². The number of hydrogen-bond donors (Lipinski definition) is 1. The summed E-state index contributed by atoms with van der Waals surface area (Å²) in [5.41, 5.74) is 3.68. The van der Waals surface area contributed by atoms with Gasteiger partial charge in [0.05, 0.1) is 6.42 Å². The van der Waals surface area contributed by atoms with Gasteiger partial charge in [-0.15, -0.1) is 0 Å². The molecule has 1 aromatic heterocycles. The summed E-state index contributed by atoms with van der Waals surface area (Å²) in [5.74, 6) is -0.0259. The summed E-state index contributed by atoms with van der Waals surface area (Å²) in [4.78, 5) is 13.9. The minimum Gasteiger partial charge on any atom is -0.356 e. The first-order chi connectivity index (χ1) is 9.47. The van der Waals surface area contributed by atoms with Crippen LogP contribution in [0, 0.1) is 13.8 Å². The van der Waals surface area contributed by atoms with Gasteiger partial charge in [0.1, 0.15) is 5.69 Å². The van der Waals surface area contributed by atoms with E-state index in [2.05, 4.69) is 16.5 Å². The maximum absolute atomic E-state index is 11.9. The van der Waals surface area contributed by atoms with E-state index in [1.165, 1.54) is 0 Å². The van der Waals surface area contributed by atoms with Gasteiger partial charge in [0.25, 0.3) is 0 Å². The predicted molar refractivity (Wildman–Crippen MR) is 78.8 cm³/mol. The van der Waals surface area contributed by atoms with Crippen LogP contribution in [0.4, 0.5) is 0 Å². The minimum absolute atomic E-state index is 0.0259. The second-order valence-corrected chi connectivity index (χ2v) is 5.41. The molecule has 0 unspecified atom stereocenters. The van der Waals surface area contributed by atoms with Gasteiger partial charge in [0.15, 0.2) is 5.58 Å². The molecule has 5 nitrogen and oxygen atoms in total. The van der Waals surface area contributed by atoms with Crippen LogP contribution in [0.25, 0.3) is 11.0 Å². The van der Waals surface area contributed by atoms with Crippen LogP contribution in [0.15, 0.2) is 16.7 Å². The third kappa shape index (κ3) is 3.36. The smallest absolute Gasteiger partial charge is 0.226 e. The lowest BCUT2D eigenvalue weighted by atomic mass is 10.0. The standard InChI is InChI=1S/C15H21N3O2/c1-10-7-11(2)15-12(17-20-13(15)8-10)9-14(19)16-5-6-18(3)4/h7-8H,5-6,9H2,1-4H3,(H,16,19). The number of carbonyl (C=O) groups is 1. The first-order valence-corrected chi connectivity index (χ1v) is 6.74. The summed E-state index contributed by atoms with van der Waals surface area (Å²) >= 11 is 0. The number of hydrogen-bond acceptors (Lipinski definition) is 4.